The van der Waals surface area contributed by atoms with E-state index in [1.54, 1.807) is 13.2 Å². The standard InChI is InChI=1S/C17H14N4O6S/c1-20-11-13(10-18-20)19-17(22)12-5-7-15(8-6-12)27-28(25,26)16-4-2-3-14(9-16)21(23)24/h2-11H,1H3,(H,19,22). The molecule has 1 aromatic heterocycles. The summed E-state index contributed by atoms with van der Waals surface area (Å²) in [4.78, 5) is 21.9. The van der Waals surface area contributed by atoms with Gasteiger partial charge in [-0.15, -0.1) is 0 Å². The zero-order valence-electron chi connectivity index (χ0n) is 14.5. The van der Waals surface area contributed by atoms with Crippen molar-refractivity contribution in [2.45, 2.75) is 4.90 Å². The van der Waals surface area contributed by atoms with Gasteiger partial charge in [0.05, 0.1) is 16.8 Å². The summed E-state index contributed by atoms with van der Waals surface area (Å²) in [5, 5.41) is 17.4. The van der Waals surface area contributed by atoms with Crippen molar-refractivity contribution in [2.75, 3.05) is 5.32 Å². The van der Waals surface area contributed by atoms with Crippen molar-refractivity contribution in [1.29, 1.82) is 0 Å². The molecule has 2 aromatic carbocycles. The molecule has 144 valence electrons. The lowest BCUT2D eigenvalue weighted by Gasteiger charge is -2.08. The van der Waals surface area contributed by atoms with Crippen LogP contribution in [0.2, 0.25) is 0 Å². The van der Waals surface area contributed by atoms with E-state index in [-0.39, 0.29) is 21.9 Å². The molecule has 0 saturated heterocycles. The van der Waals surface area contributed by atoms with Crippen LogP contribution >= 0.6 is 0 Å². The summed E-state index contributed by atoms with van der Waals surface area (Å²) in [6, 6.07) is 9.94. The molecule has 0 bridgehead atoms. The average Bonchev–Trinajstić information content (AvgIpc) is 3.06. The lowest BCUT2D eigenvalue weighted by molar-refractivity contribution is -0.385. The van der Waals surface area contributed by atoms with E-state index in [1.165, 1.54) is 53.3 Å². The SMILES string of the molecule is Cn1cc(NC(=O)c2ccc(OS(=O)(=O)c3cccc([N+](=O)[O-])c3)cc2)cn1. The van der Waals surface area contributed by atoms with Crippen molar-refractivity contribution in [3.63, 3.8) is 0 Å². The van der Waals surface area contributed by atoms with E-state index in [1.807, 2.05) is 0 Å². The van der Waals surface area contributed by atoms with Gasteiger partial charge in [-0.05, 0) is 30.3 Å². The molecule has 0 radical (unpaired) electrons. The smallest absolute Gasteiger partial charge is 0.339 e. The molecular formula is C17H14N4O6S. The minimum Gasteiger partial charge on any atom is -0.379 e. The van der Waals surface area contributed by atoms with Crippen molar-refractivity contribution >= 4 is 27.4 Å². The molecule has 0 aliphatic heterocycles. The number of hydrogen-bond acceptors (Lipinski definition) is 7. The van der Waals surface area contributed by atoms with Gasteiger partial charge in [0, 0.05) is 30.9 Å². The number of carbonyl (C=O) groups excluding carboxylic acids is 1. The third-order valence-corrected chi connectivity index (χ3v) is 4.85. The summed E-state index contributed by atoms with van der Waals surface area (Å²) < 4.78 is 31.1. The fourth-order valence-corrected chi connectivity index (χ4v) is 3.25. The normalized spacial score (nSPS) is 11.0. The predicted molar refractivity (Wildman–Crippen MR) is 98.5 cm³/mol. The molecule has 3 aromatic rings. The first kappa shape index (κ1) is 19.0. The third-order valence-electron chi connectivity index (χ3n) is 3.60. The number of carbonyl (C=O) groups is 1. The second-order valence-corrected chi connectivity index (χ2v) is 7.22. The van der Waals surface area contributed by atoms with E-state index < -0.39 is 20.9 Å². The van der Waals surface area contributed by atoms with Gasteiger partial charge in [0.2, 0.25) is 0 Å². The maximum absolute atomic E-state index is 12.3. The van der Waals surface area contributed by atoms with Gasteiger partial charge < -0.3 is 9.50 Å². The Morgan fingerprint density at radius 3 is 2.54 bits per heavy atom. The highest BCUT2D eigenvalue weighted by molar-refractivity contribution is 7.87. The fourth-order valence-electron chi connectivity index (χ4n) is 2.28. The zero-order chi connectivity index (χ0) is 20.3. The molecule has 1 amide bonds. The van der Waals surface area contributed by atoms with Crippen molar-refractivity contribution in [3.8, 4) is 5.75 Å². The first-order chi connectivity index (χ1) is 13.2. The van der Waals surface area contributed by atoms with Gasteiger partial charge in [0.25, 0.3) is 11.6 Å². The van der Waals surface area contributed by atoms with E-state index in [0.717, 1.165) is 6.07 Å². The highest BCUT2D eigenvalue weighted by Gasteiger charge is 2.20. The molecule has 0 spiro atoms. The van der Waals surface area contributed by atoms with Crippen LogP contribution in [-0.4, -0.2) is 29.0 Å². The summed E-state index contributed by atoms with van der Waals surface area (Å²) in [5.74, 6) is -0.439. The van der Waals surface area contributed by atoms with E-state index in [4.69, 9.17) is 4.18 Å². The van der Waals surface area contributed by atoms with Crippen LogP contribution in [0.3, 0.4) is 0 Å². The maximum atomic E-state index is 12.3. The highest BCUT2D eigenvalue weighted by atomic mass is 32.2. The number of benzene rings is 2. The summed E-state index contributed by atoms with van der Waals surface area (Å²) in [5.41, 5.74) is 0.428. The van der Waals surface area contributed by atoms with Crippen LogP contribution in [0.15, 0.2) is 65.8 Å². The van der Waals surface area contributed by atoms with Gasteiger partial charge >= 0.3 is 10.1 Å². The number of nitrogens with zero attached hydrogens (tertiary/aromatic N) is 3. The van der Waals surface area contributed by atoms with Crippen LogP contribution in [0.1, 0.15) is 10.4 Å². The van der Waals surface area contributed by atoms with Crippen LogP contribution in [0, 0.1) is 10.1 Å². The summed E-state index contributed by atoms with van der Waals surface area (Å²) in [7, 11) is -2.55. The van der Waals surface area contributed by atoms with Crippen LogP contribution in [0.4, 0.5) is 11.4 Å². The Morgan fingerprint density at radius 2 is 1.93 bits per heavy atom. The Kier molecular flexibility index (Phi) is 5.09. The highest BCUT2D eigenvalue weighted by Crippen LogP contribution is 2.22. The number of nitro benzene ring substituents is 1. The van der Waals surface area contributed by atoms with Gasteiger partial charge in [-0.2, -0.15) is 13.5 Å². The zero-order valence-corrected chi connectivity index (χ0v) is 15.3. The number of nitrogens with one attached hydrogen (secondary N) is 1. The fraction of sp³-hybridized carbons (Fsp3) is 0.0588. The molecule has 0 unspecified atom stereocenters. The van der Waals surface area contributed by atoms with Crippen LogP contribution < -0.4 is 9.50 Å². The number of hydrogen-bond donors (Lipinski definition) is 1. The Bertz CT molecular complexity index is 1140. The largest absolute Gasteiger partial charge is 0.379 e. The van der Waals surface area contributed by atoms with Gasteiger partial charge in [-0.25, -0.2) is 0 Å². The molecule has 0 saturated carbocycles. The molecule has 11 heteroatoms. The number of aromatic nitrogens is 2. The van der Waals surface area contributed by atoms with Gasteiger partial charge in [-0.3, -0.25) is 19.6 Å². The monoisotopic (exact) mass is 402 g/mol. The maximum Gasteiger partial charge on any atom is 0.339 e. The van der Waals surface area contributed by atoms with Crippen molar-refractivity contribution < 1.29 is 22.3 Å². The molecular weight excluding hydrogens is 388 g/mol. The Balaban J connectivity index is 1.73. The lowest BCUT2D eigenvalue weighted by Crippen LogP contribution is -2.12. The van der Waals surface area contributed by atoms with Gasteiger partial charge in [-0.1, -0.05) is 6.07 Å². The van der Waals surface area contributed by atoms with E-state index in [0.29, 0.717) is 5.69 Å². The molecule has 3 rings (SSSR count). The number of aryl methyl sites for hydroxylation is 1. The Hall–Kier alpha value is -3.73. The number of nitro groups is 1. The first-order valence-corrected chi connectivity index (χ1v) is 9.24. The summed E-state index contributed by atoms with van der Waals surface area (Å²) >= 11 is 0. The topological polar surface area (TPSA) is 133 Å². The summed E-state index contributed by atoms with van der Waals surface area (Å²) in [6.07, 6.45) is 3.11. The minimum absolute atomic E-state index is 0.0376. The minimum atomic E-state index is -4.26. The Labute approximate surface area is 159 Å². The molecule has 1 N–H and O–H groups in total. The average molecular weight is 402 g/mol. The number of amides is 1. The third kappa shape index (κ3) is 4.32. The number of rotatable bonds is 6. The molecule has 0 aliphatic rings. The second kappa shape index (κ2) is 7.48. The second-order valence-electron chi connectivity index (χ2n) is 5.67. The van der Waals surface area contributed by atoms with Crippen LogP contribution in [0.5, 0.6) is 5.75 Å². The van der Waals surface area contributed by atoms with Crippen molar-refractivity contribution in [1.82, 2.24) is 9.78 Å². The first-order valence-electron chi connectivity index (χ1n) is 7.83. The molecule has 1 heterocycles. The van der Waals surface area contributed by atoms with E-state index in [9.17, 15) is 23.3 Å². The molecule has 0 atom stereocenters. The van der Waals surface area contributed by atoms with Crippen molar-refractivity contribution in [2.24, 2.45) is 7.05 Å². The molecule has 0 aliphatic carbocycles. The lowest BCUT2D eigenvalue weighted by atomic mass is 10.2. The molecule has 10 nitrogen and oxygen atoms in total. The quantitative estimate of drug-likeness (QED) is 0.380. The number of anilines is 1. The van der Waals surface area contributed by atoms with Crippen LogP contribution in [0.25, 0.3) is 0 Å². The Morgan fingerprint density at radius 1 is 1.21 bits per heavy atom. The van der Waals surface area contributed by atoms with Crippen LogP contribution in [-0.2, 0) is 17.2 Å². The summed E-state index contributed by atoms with van der Waals surface area (Å²) in [6.45, 7) is 0. The van der Waals surface area contributed by atoms with E-state index in [2.05, 4.69) is 10.4 Å². The predicted octanol–water partition coefficient (Wildman–Crippen LogP) is 2.35. The van der Waals surface area contributed by atoms with Crippen molar-refractivity contribution in [3.05, 3.63) is 76.6 Å². The molecule has 0 fully saturated rings. The molecule has 28 heavy (non-hydrogen) atoms. The number of non-ortho nitro benzene ring substituents is 1. The van der Waals surface area contributed by atoms with Gasteiger partial charge in [0.15, 0.2) is 0 Å². The van der Waals surface area contributed by atoms with E-state index >= 15 is 0 Å². The van der Waals surface area contributed by atoms with Gasteiger partial charge in [0.1, 0.15) is 10.6 Å².